The van der Waals surface area contributed by atoms with Crippen LogP contribution >= 0.6 is 0 Å². The van der Waals surface area contributed by atoms with E-state index in [1.54, 1.807) is 0 Å². The Morgan fingerprint density at radius 1 is 1.28 bits per heavy atom. The standard InChI is InChI=1S/C12H16F2N2O2/c1-12(2,3)4-5-15-10-7-11(16(17)18)9(14)6-8(10)13/h6-7,15H,4-5H2,1-3H3. The fourth-order valence-electron chi connectivity index (χ4n) is 1.39. The average molecular weight is 258 g/mol. The van der Waals surface area contributed by atoms with Crippen LogP contribution in [-0.2, 0) is 0 Å². The molecule has 0 fully saturated rings. The van der Waals surface area contributed by atoms with Crippen molar-refractivity contribution < 1.29 is 13.7 Å². The third-order valence-corrected chi connectivity index (χ3v) is 2.42. The number of benzene rings is 1. The molecule has 0 aromatic heterocycles. The van der Waals surface area contributed by atoms with Crippen LogP contribution in [0.2, 0.25) is 0 Å². The van der Waals surface area contributed by atoms with Gasteiger partial charge < -0.3 is 5.32 Å². The van der Waals surface area contributed by atoms with E-state index >= 15 is 0 Å². The monoisotopic (exact) mass is 258 g/mol. The third kappa shape index (κ3) is 3.94. The van der Waals surface area contributed by atoms with Crippen LogP contribution in [0, 0.1) is 27.2 Å². The number of halogens is 2. The molecule has 1 aromatic rings. The van der Waals surface area contributed by atoms with Gasteiger partial charge in [0.05, 0.1) is 10.6 Å². The number of rotatable bonds is 4. The van der Waals surface area contributed by atoms with Gasteiger partial charge in [-0.1, -0.05) is 20.8 Å². The number of anilines is 1. The van der Waals surface area contributed by atoms with Gasteiger partial charge in [-0.15, -0.1) is 0 Å². The van der Waals surface area contributed by atoms with Gasteiger partial charge in [-0.25, -0.2) is 4.39 Å². The number of nitro groups is 1. The summed E-state index contributed by atoms with van der Waals surface area (Å²) < 4.78 is 26.5. The van der Waals surface area contributed by atoms with Crippen LogP contribution in [-0.4, -0.2) is 11.5 Å². The van der Waals surface area contributed by atoms with Crippen LogP contribution in [0.3, 0.4) is 0 Å². The Hall–Kier alpha value is -1.72. The molecule has 0 saturated carbocycles. The van der Waals surface area contributed by atoms with Crippen molar-refractivity contribution in [1.29, 1.82) is 0 Å². The summed E-state index contributed by atoms with van der Waals surface area (Å²) in [5.41, 5.74) is -0.711. The number of hydrogen-bond donors (Lipinski definition) is 1. The SMILES string of the molecule is CC(C)(C)CCNc1cc([N+](=O)[O-])c(F)cc1F. The Morgan fingerprint density at radius 2 is 1.89 bits per heavy atom. The molecule has 0 spiro atoms. The van der Waals surface area contributed by atoms with E-state index in [1.807, 2.05) is 20.8 Å². The van der Waals surface area contributed by atoms with E-state index in [2.05, 4.69) is 5.32 Å². The zero-order valence-electron chi connectivity index (χ0n) is 10.6. The summed E-state index contributed by atoms with van der Waals surface area (Å²) in [4.78, 5) is 9.66. The fraction of sp³-hybridized carbons (Fsp3) is 0.500. The van der Waals surface area contributed by atoms with Gasteiger partial charge in [-0.3, -0.25) is 10.1 Å². The summed E-state index contributed by atoms with van der Waals surface area (Å²) in [7, 11) is 0. The van der Waals surface area contributed by atoms with Gasteiger partial charge in [0, 0.05) is 18.7 Å². The zero-order valence-corrected chi connectivity index (χ0v) is 10.6. The highest BCUT2D eigenvalue weighted by Gasteiger charge is 2.18. The molecular weight excluding hydrogens is 242 g/mol. The Labute approximate surface area is 104 Å². The molecule has 18 heavy (non-hydrogen) atoms. The summed E-state index contributed by atoms with van der Waals surface area (Å²) in [5.74, 6) is -1.99. The van der Waals surface area contributed by atoms with Crippen molar-refractivity contribution in [2.75, 3.05) is 11.9 Å². The van der Waals surface area contributed by atoms with E-state index < -0.39 is 22.2 Å². The minimum Gasteiger partial charge on any atom is -0.382 e. The maximum absolute atomic E-state index is 13.4. The van der Waals surface area contributed by atoms with E-state index in [0.717, 1.165) is 12.5 Å². The molecular formula is C12H16F2N2O2. The first kappa shape index (κ1) is 14.3. The van der Waals surface area contributed by atoms with Crippen molar-refractivity contribution >= 4 is 11.4 Å². The summed E-state index contributed by atoms with van der Waals surface area (Å²) in [6.07, 6.45) is 0.762. The number of hydrogen-bond acceptors (Lipinski definition) is 3. The van der Waals surface area contributed by atoms with Crippen LogP contribution in [0.1, 0.15) is 27.2 Å². The molecule has 0 aliphatic heterocycles. The second-order valence-corrected chi connectivity index (χ2v) is 5.28. The van der Waals surface area contributed by atoms with Crippen LogP contribution < -0.4 is 5.32 Å². The van der Waals surface area contributed by atoms with Gasteiger partial charge >= 0.3 is 5.69 Å². The van der Waals surface area contributed by atoms with Crippen LogP contribution in [0.5, 0.6) is 0 Å². The molecule has 0 saturated heterocycles. The quantitative estimate of drug-likeness (QED) is 0.661. The van der Waals surface area contributed by atoms with E-state index in [0.29, 0.717) is 12.6 Å². The number of nitro benzene ring substituents is 1. The van der Waals surface area contributed by atoms with Gasteiger partial charge in [0.15, 0.2) is 0 Å². The second kappa shape index (κ2) is 5.29. The first-order valence-electron chi connectivity index (χ1n) is 5.58. The maximum Gasteiger partial charge on any atom is 0.307 e. The van der Waals surface area contributed by atoms with Crippen LogP contribution in [0.15, 0.2) is 12.1 Å². The first-order chi connectivity index (χ1) is 8.20. The topological polar surface area (TPSA) is 55.2 Å². The second-order valence-electron chi connectivity index (χ2n) is 5.28. The summed E-state index contributed by atoms with van der Waals surface area (Å²) in [5, 5.41) is 13.3. The van der Waals surface area contributed by atoms with Gasteiger partial charge in [0.2, 0.25) is 5.82 Å². The first-order valence-corrected chi connectivity index (χ1v) is 5.58. The highest BCUT2D eigenvalue weighted by Crippen LogP contribution is 2.26. The minimum atomic E-state index is -1.17. The Bertz CT molecular complexity index is 456. The average Bonchev–Trinajstić information content (AvgIpc) is 2.18. The molecule has 6 heteroatoms. The molecule has 4 nitrogen and oxygen atoms in total. The largest absolute Gasteiger partial charge is 0.382 e. The molecule has 1 N–H and O–H groups in total. The van der Waals surface area contributed by atoms with Crippen molar-refractivity contribution in [2.45, 2.75) is 27.2 Å². The normalized spacial score (nSPS) is 11.4. The maximum atomic E-state index is 13.4. The molecule has 0 atom stereocenters. The van der Waals surface area contributed by atoms with Gasteiger partial charge in [-0.2, -0.15) is 4.39 Å². The highest BCUT2D eigenvalue weighted by molar-refractivity contribution is 5.53. The third-order valence-electron chi connectivity index (χ3n) is 2.42. The minimum absolute atomic E-state index is 0.0487. The molecule has 1 rings (SSSR count). The van der Waals surface area contributed by atoms with E-state index in [4.69, 9.17) is 0 Å². The molecule has 1 aromatic carbocycles. The Balaban J connectivity index is 2.83. The Morgan fingerprint density at radius 3 is 2.39 bits per heavy atom. The highest BCUT2D eigenvalue weighted by atomic mass is 19.1. The van der Waals surface area contributed by atoms with E-state index in [9.17, 15) is 18.9 Å². The van der Waals surface area contributed by atoms with Crippen LogP contribution in [0.4, 0.5) is 20.2 Å². The molecule has 0 heterocycles. The molecule has 0 radical (unpaired) electrons. The molecule has 0 bridgehead atoms. The fourth-order valence-corrected chi connectivity index (χ4v) is 1.39. The molecule has 0 aliphatic rings. The summed E-state index contributed by atoms with van der Waals surface area (Å²) >= 11 is 0. The molecule has 100 valence electrons. The van der Waals surface area contributed by atoms with Crippen LogP contribution in [0.25, 0.3) is 0 Å². The van der Waals surface area contributed by atoms with E-state index in [-0.39, 0.29) is 11.1 Å². The lowest BCUT2D eigenvalue weighted by molar-refractivity contribution is -0.387. The van der Waals surface area contributed by atoms with E-state index in [1.165, 1.54) is 0 Å². The number of nitrogens with one attached hydrogen (secondary N) is 1. The predicted octanol–water partition coefficient (Wildman–Crippen LogP) is 3.72. The number of nitrogens with zero attached hydrogens (tertiary/aromatic N) is 1. The van der Waals surface area contributed by atoms with Crippen molar-refractivity contribution in [2.24, 2.45) is 5.41 Å². The molecule has 0 unspecified atom stereocenters. The lowest BCUT2D eigenvalue weighted by atomic mass is 9.92. The van der Waals surface area contributed by atoms with Gasteiger partial charge in [0.1, 0.15) is 5.82 Å². The predicted molar refractivity (Wildman–Crippen MR) is 65.6 cm³/mol. The lowest BCUT2D eigenvalue weighted by Gasteiger charge is -2.18. The molecule has 0 aliphatic carbocycles. The summed E-state index contributed by atoms with van der Waals surface area (Å²) in [6, 6.07) is 1.41. The van der Waals surface area contributed by atoms with Crippen molar-refractivity contribution in [3.63, 3.8) is 0 Å². The molecule has 0 amide bonds. The Kier molecular flexibility index (Phi) is 4.21. The lowest BCUT2D eigenvalue weighted by Crippen LogP contribution is -2.13. The zero-order chi connectivity index (χ0) is 13.9. The summed E-state index contributed by atoms with van der Waals surface area (Å²) in [6.45, 7) is 6.54. The van der Waals surface area contributed by atoms with Crippen molar-refractivity contribution in [3.05, 3.63) is 33.9 Å². The van der Waals surface area contributed by atoms with Gasteiger partial charge in [-0.05, 0) is 11.8 Å². The van der Waals surface area contributed by atoms with Crippen molar-refractivity contribution in [1.82, 2.24) is 0 Å². The van der Waals surface area contributed by atoms with Crippen molar-refractivity contribution in [3.8, 4) is 0 Å². The van der Waals surface area contributed by atoms with Gasteiger partial charge in [0.25, 0.3) is 0 Å². The smallest absolute Gasteiger partial charge is 0.307 e.